The van der Waals surface area contributed by atoms with Gasteiger partial charge in [-0.2, -0.15) is 0 Å². The van der Waals surface area contributed by atoms with E-state index in [0.717, 1.165) is 45.1 Å². The van der Waals surface area contributed by atoms with E-state index in [4.69, 9.17) is 5.41 Å². The number of aromatic amines is 4. The largest absolute Gasteiger partial charge is 0.355 e. The van der Waals surface area contributed by atoms with Crippen LogP contribution in [0.4, 0.5) is 11.6 Å². The van der Waals surface area contributed by atoms with Crippen LogP contribution in [-0.4, -0.2) is 25.6 Å². The van der Waals surface area contributed by atoms with E-state index in [0.29, 0.717) is 5.71 Å². The number of rotatable bonds is 0. The van der Waals surface area contributed by atoms with Crippen molar-refractivity contribution in [3.8, 4) is 0 Å². The predicted molar refractivity (Wildman–Crippen MR) is 98.8 cm³/mol. The molecule has 4 aromatic heterocycles. The van der Waals surface area contributed by atoms with Gasteiger partial charge in [-0.1, -0.05) is 0 Å². The molecule has 0 radical (unpaired) electrons. The average Bonchev–Trinajstić information content (AvgIpc) is 3.36. The zero-order valence-corrected chi connectivity index (χ0v) is 13.3. The van der Waals surface area contributed by atoms with Crippen LogP contribution in [0.3, 0.4) is 0 Å². The average molecular weight is 328 g/mol. The monoisotopic (exact) mass is 328 g/mol. The summed E-state index contributed by atoms with van der Waals surface area (Å²) in [4.78, 5) is 13.2. The summed E-state index contributed by atoms with van der Waals surface area (Å²) in [6.45, 7) is 0. The van der Waals surface area contributed by atoms with Crippen LogP contribution in [0.25, 0.3) is 12.2 Å². The summed E-state index contributed by atoms with van der Waals surface area (Å²) in [6.07, 6.45) is 4.09. The van der Waals surface area contributed by atoms with Crippen molar-refractivity contribution in [3.05, 3.63) is 82.0 Å². The van der Waals surface area contributed by atoms with Gasteiger partial charge in [0, 0.05) is 22.1 Å². The molecule has 6 N–H and O–H groups in total. The molecule has 8 bridgehead atoms. The first-order valence-corrected chi connectivity index (χ1v) is 8.05. The molecule has 25 heavy (non-hydrogen) atoms. The molecule has 5 rings (SSSR count). The van der Waals surface area contributed by atoms with Gasteiger partial charge >= 0.3 is 0 Å². The fraction of sp³-hybridized carbons (Fsp3) is 0. The van der Waals surface area contributed by atoms with Gasteiger partial charge in [0.2, 0.25) is 0 Å². The fourth-order valence-electron chi connectivity index (χ4n) is 3.05. The van der Waals surface area contributed by atoms with Crippen LogP contribution in [0.15, 0.2) is 48.5 Å². The Kier molecular flexibility index (Phi) is 2.84. The molecule has 0 atom stereocenters. The summed E-state index contributed by atoms with van der Waals surface area (Å²) in [6, 6.07) is 15.8. The van der Waals surface area contributed by atoms with Gasteiger partial charge in [-0.25, -0.2) is 0 Å². The van der Waals surface area contributed by atoms with Gasteiger partial charge in [0.1, 0.15) is 17.3 Å². The van der Waals surface area contributed by atoms with Gasteiger partial charge in [-0.15, -0.1) is 0 Å². The van der Waals surface area contributed by atoms with Crippen molar-refractivity contribution in [2.24, 2.45) is 0 Å². The Morgan fingerprint density at radius 3 is 2.00 bits per heavy atom. The Labute approximate surface area is 142 Å². The molecule has 6 heteroatoms. The Balaban J connectivity index is 1.70. The number of hydrogen-bond donors (Lipinski definition) is 6. The minimum Gasteiger partial charge on any atom is -0.355 e. The van der Waals surface area contributed by atoms with Crippen LogP contribution in [0.1, 0.15) is 22.8 Å². The second-order valence-corrected chi connectivity index (χ2v) is 6.10. The maximum absolute atomic E-state index is 8.42. The SMILES string of the molecule is N=C1c2ccc([nH]2)C=c2ccc([nH]2)=Cc2ccc([nH]2)Nc2ccc1[nH]2. The second kappa shape index (κ2) is 5.17. The topological polar surface area (TPSA) is 99.0 Å². The molecule has 122 valence electrons. The Bertz CT molecular complexity index is 1200. The molecule has 0 fully saturated rings. The fourth-order valence-corrected chi connectivity index (χ4v) is 3.05. The third kappa shape index (κ3) is 2.49. The summed E-state index contributed by atoms with van der Waals surface area (Å²) < 4.78 is 0. The third-order valence-electron chi connectivity index (χ3n) is 4.26. The molecule has 1 aliphatic rings. The van der Waals surface area contributed by atoms with Crippen molar-refractivity contribution >= 4 is 29.5 Å². The van der Waals surface area contributed by atoms with E-state index in [-0.39, 0.29) is 0 Å². The summed E-state index contributed by atoms with van der Waals surface area (Å²) in [5.41, 5.74) is 3.90. The zero-order valence-electron chi connectivity index (χ0n) is 13.3. The van der Waals surface area contributed by atoms with E-state index < -0.39 is 0 Å². The second-order valence-electron chi connectivity index (χ2n) is 6.10. The smallest absolute Gasteiger partial charge is 0.109 e. The third-order valence-corrected chi connectivity index (χ3v) is 4.26. The Hall–Kier alpha value is -3.67. The van der Waals surface area contributed by atoms with E-state index in [1.165, 1.54) is 0 Å². The minimum absolute atomic E-state index is 0.424. The highest BCUT2D eigenvalue weighted by Crippen LogP contribution is 2.18. The molecule has 5 heterocycles. The predicted octanol–water partition coefficient (Wildman–Crippen LogP) is 2.13. The van der Waals surface area contributed by atoms with Gasteiger partial charge < -0.3 is 25.3 Å². The Morgan fingerprint density at radius 1 is 0.560 bits per heavy atom. The van der Waals surface area contributed by atoms with E-state index >= 15 is 0 Å². The summed E-state index contributed by atoms with van der Waals surface area (Å²) in [7, 11) is 0. The quantitative estimate of drug-likeness (QED) is 0.258. The van der Waals surface area contributed by atoms with Crippen molar-refractivity contribution < 1.29 is 0 Å². The zero-order chi connectivity index (χ0) is 16.8. The van der Waals surface area contributed by atoms with Crippen molar-refractivity contribution in [3.63, 3.8) is 0 Å². The molecule has 0 aromatic carbocycles. The van der Waals surface area contributed by atoms with E-state index in [9.17, 15) is 0 Å². The van der Waals surface area contributed by atoms with Crippen molar-refractivity contribution in [1.29, 1.82) is 5.41 Å². The van der Waals surface area contributed by atoms with Crippen LogP contribution in [-0.2, 0) is 0 Å². The standard InChI is InChI=1S/C19H16N6/c20-19-15-5-3-13(22-15)9-11-1-2-12(21-11)10-14-4-7-17(23-14)25-18-8-6-16(19)24-18/h1-10,20-25H. The summed E-state index contributed by atoms with van der Waals surface area (Å²) >= 11 is 0. The number of aromatic nitrogens is 4. The first kappa shape index (κ1) is 13.7. The van der Waals surface area contributed by atoms with E-state index in [1.54, 1.807) is 0 Å². The molecule has 4 aromatic rings. The van der Waals surface area contributed by atoms with E-state index in [1.807, 2.05) is 54.6 Å². The maximum atomic E-state index is 8.42. The lowest BCUT2D eigenvalue weighted by atomic mass is 10.2. The number of hydrogen-bond acceptors (Lipinski definition) is 2. The van der Waals surface area contributed by atoms with E-state index in [2.05, 4.69) is 31.3 Å². The highest BCUT2D eigenvalue weighted by atomic mass is 15.1. The lowest BCUT2D eigenvalue weighted by molar-refractivity contribution is 1.23. The first-order chi connectivity index (χ1) is 12.2. The molecule has 0 saturated carbocycles. The van der Waals surface area contributed by atoms with Crippen LogP contribution in [0.5, 0.6) is 0 Å². The lowest BCUT2D eigenvalue weighted by Gasteiger charge is -2.02. The van der Waals surface area contributed by atoms with Crippen LogP contribution in [0, 0.1) is 5.41 Å². The first-order valence-electron chi connectivity index (χ1n) is 8.05. The molecule has 0 saturated heterocycles. The molecule has 1 aliphatic heterocycles. The highest BCUT2D eigenvalue weighted by molar-refractivity contribution is 6.09. The number of nitrogens with one attached hydrogen (secondary N) is 6. The van der Waals surface area contributed by atoms with Crippen LogP contribution >= 0.6 is 0 Å². The molecule has 0 amide bonds. The molecule has 6 nitrogen and oxygen atoms in total. The van der Waals surface area contributed by atoms with Crippen LogP contribution in [0.2, 0.25) is 0 Å². The van der Waals surface area contributed by atoms with Crippen molar-refractivity contribution in [2.75, 3.05) is 5.32 Å². The van der Waals surface area contributed by atoms with Crippen LogP contribution < -0.4 is 16.0 Å². The van der Waals surface area contributed by atoms with Gasteiger partial charge in [-0.3, -0.25) is 5.41 Å². The Morgan fingerprint density at radius 2 is 1.16 bits per heavy atom. The summed E-state index contributed by atoms with van der Waals surface area (Å²) in [5, 5.41) is 13.7. The van der Waals surface area contributed by atoms with Gasteiger partial charge in [-0.05, 0) is 60.7 Å². The van der Waals surface area contributed by atoms with Crippen molar-refractivity contribution in [1.82, 2.24) is 19.9 Å². The van der Waals surface area contributed by atoms with Gasteiger partial charge in [0.05, 0.1) is 11.4 Å². The molecule has 0 spiro atoms. The minimum atomic E-state index is 0.424. The number of fused-ring (bicyclic) bond motifs is 8. The van der Waals surface area contributed by atoms with Gasteiger partial charge in [0.25, 0.3) is 0 Å². The molecular weight excluding hydrogens is 312 g/mol. The number of H-pyrrole nitrogens is 4. The normalized spacial score (nSPS) is 13.0. The highest BCUT2D eigenvalue weighted by Gasteiger charge is 2.10. The van der Waals surface area contributed by atoms with Crippen molar-refractivity contribution in [2.45, 2.75) is 0 Å². The number of anilines is 2. The maximum Gasteiger partial charge on any atom is 0.109 e. The summed E-state index contributed by atoms with van der Waals surface area (Å²) in [5.74, 6) is 1.72. The molecular formula is C19H16N6. The van der Waals surface area contributed by atoms with Gasteiger partial charge in [0.15, 0.2) is 0 Å². The lowest BCUT2D eigenvalue weighted by Crippen LogP contribution is -2.09. The molecule has 0 unspecified atom stereocenters. The molecule has 0 aliphatic carbocycles.